The van der Waals surface area contributed by atoms with E-state index in [0.29, 0.717) is 5.41 Å². The van der Waals surface area contributed by atoms with E-state index in [-0.39, 0.29) is 5.54 Å². The molecule has 0 aliphatic heterocycles. The normalized spacial score (nSPS) is 28.4. The zero-order valence-electron chi connectivity index (χ0n) is 12.4. The third-order valence-corrected chi connectivity index (χ3v) is 5.63. The van der Waals surface area contributed by atoms with E-state index in [4.69, 9.17) is 17.3 Å². The summed E-state index contributed by atoms with van der Waals surface area (Å²) >= 11 is 6.32. The summed E-state index contributed by atoms with van der Waals surface area (Å²) < 4.78 is 0. The molecule has 0 bridgehead atoms. The highest BCUT2D eigenvalue weighted by Crippen LogP contribution is 2.46. The number of nitrogens with two attached hydrogens (primary N) is 1. The highest BCUT2D eigenvalue weighted by Gasteiger charge is 2.38. The molecule has 0 amide bonds. The highest BCUT2D eigenvalue weighted by molar-refractivity contribution is 6.31. The van der Waals surface area contributed by atoms with Gasteiger partial charge in [-0.05, 0) is 48.6 Å². The van der Waals surface area contributed by atoms with Gasteiger partial charge in [0.15, 0.2) is 0 Å². The van der Waals surface area contributed by atoms with Crippen molar-refractivity contribution in [3.05, 3.63) is 34.9 Å². The van der Waals surface area contributed by atoms with Gasteiger partial charge in [-0.1, -0.05) is 57.0 Å². The van der Waals surface area contributed by atoms with Crippen molar-refractivity contribution in [3.8, 4) is 0 Å². The number of hydrogen-bond acceptors (Lipinski definition) is 1. The van der Waals surface area contributed by atoms with Crippen LogP contribution in [0.2, 0.25) is 5.02 Å². The molecule has 0 aromatic heterocycles. The fourth-order valence-electron chi connectivity index (χ4n) is 3.34. The zero-order chi connectivity index (χ0) is 14.1. The first-order valence-corrected chi connectivity index (χ1v) is 7.81. The Morgan fingerprint density at radius 1 is 1.26 bits per heavy atom. The van der Waals surface area contributed by atoms with Gasteiger partial charge in [-0.2, -0.15) is 0 Å². The third kappa shape index (κ3) is 2.98. The minimum Gasteiger partial charge on any atom is -0.321 e. The SMILES string of the molecule is CCC(C)(C)C1CCC(N)(c2ccccc2Cl)CC1. The van der Waals surface area contributed by atoms with Crippen molar-refractivity contribution in [2.75, 3.05) is 0 Å². The van der Waals surface area contributed by atoms with E-state index >= 15 is 0 Å². The van der Waals surface area contributed by atoms with Crippen LogP contribution in [0.3, 0.4) is 0 Å². The first-order valence-electron chi connectivity index (χ1n) is 7.43. The molecule has 1 aromatic carbocycles. The second-order valence-corrected chi connectivity index (χ2v) is 7.16. The standard InChI is InChI=1S/C17H26ClN/c1-4-16(2,3)13-9-11-17(19,12-10-13)14-7-5-6-8-15(14)18/h5-8,13H,4,9-12,19H2,1-3H3. The molecular formula is C17H26ClN. The van der Waals surface area contributed by atoms with Crippen LogP contribution < -0.4 is 5.73 Å². The maximum Gasteiger partial charge on any atom is 0.0456 e. The molecule has 2 N–H and O–H groups in total. The van der Waals surface area contributed by atoms with E-state index in [0.717, 1.165) is 29.3 Å². The molecule has 106 valence electrons. The van der Waals surface area contributed by atoms with E-state index in [1.165, 1.54) is 19.3 Å². The van der Waals surface area contributed by atoms with Gasteiger partial charge in [0.1, 0.15) is 0 Å². The van der Waals surface area contributed by atoms with Gasteiger partial charge in [0.25, 0.3) is 0 Å². The first-order chi connectivity index (χ1) is 8.89. The lowest BCUT2D eigenvalue weighted by atomic mass is 9.64. The maximum absolute atomic E-state index is 6.64. The largest absolute Gasteiger partial charge is 0.321 e. The summed E-state index contributed by atoms with van der Waals surface area (Å²) in [6, 6.07) is 8.06. The summed E-state index contributed by atoms with van der Waals surface area (Å²) in [5.41, 5.74) is 7.98. The van der Waals surface area contributed by atoms with Crippen molar-refractivity contribution < 1.29 is 0 Å². The molecular weight excluding hydrogens is 254 g/mol. The van der Waals surface area contributed by atoms with E-state index in [9.17, 15) is 0 Å². The Balaban J connectivity index is 2.13. The predicted molar refractivity (Wildman–Crippen MR) is 83.3 cm³/mol. The minimum atomic E-state index is -0.224. The van der Waals surface area contributed by atoms with Crippen molar-refractivity contribution in [1.82, 2.24) is 0 Å². The lowest BCUT2D eigenvalue weighted by Crippen LogP contribution is -2.43. The molecule has 0 spiro atoms. The summed E-state index contributed by atoms with van der Waals surface area (Å²) in [4.78, 5) is 0. The van der Waals surface area contributed by atoms with Gasteiger partial charge >= 0.3 is 0 Å². The van der Waals surface area contributed by atoms with Crippen LogP contribution in [0.25, 0.3) is 0 Å². The summed E-state index contributed by atoms with van der Waals surface area (Å²) in [5.74, 6) is 0.789. The molecule has 1 fully saturated rings. The third-order valence-electron chi connectivity index (χ3n) is 5.30. The van der Waals surface area contributed by atoms with Crippen molar-refractivity contribution in [2.24, 2.45) is 17.1 Å². The van der Waals surface area contributed by atoms with Crippen LogP contribution in [0.15, 0.2) is 24.3 Å². The highest BCUT2D eigenvalue weighted by atomic mass is 35.5. The smallest absolute Gasteiger partial charge is 0.0456 e. The molecule has 19 heavy (non-hydrogen) atoms. The molecule has 0 saturated heterocycles. The average molecular weight is 280 g/mol. The molecule has 0 heterocycles. The predicted octanol–water partition coefficient (Wildman–Crippen LogP) is 5.12. The van der Waals surface area contributed by atoms with Gasteiger partial charge in [-0.25, -0.2) is 0 Å². The van der Waals surface area contributed by atoms with Crippen LogP contribution in [0.1, 0.15) is 58.4 Å². The van der Waals surface area contributed by atoms with Gasteiger partial charge in [0.05, 0.1) is 0 Å². The minimum absolute atomic E-state index is 0.224. The molecule has 0 unspecified atom stereocenters. The monoisotopic (exact) mass is 279 g/mol. The molecule has 1 aromatic rings. The number of rotatable bonds is 3. The van der Waals surface area contributed by atoms with E-state index in [1.807, 2.05) is 18.2 Å². The van der Waals surface area contributed by atoms with Gasteiger partial charge in [-0.3, -0.25) is 0 Å². The summed E-state index contributed by atoms with van der Waals surface area (Å²) in [6.07, 6.45) is 5.75. The average Bonchev–Trinajstić information content (AvgIpc) is 2.39. The topological polar surface area (TPSA) is 26.0 Å². The Morgan fingerprint density at radius 3 is 2.37 bits per heavy atom. The van der Waals surface area contributed by atoms with Gasteiger partial charge in [-0.15, -0.1) is 0 Å². The second kappa shape index (κ2) is 5.46. The Hall–Kier alpha value is -0.530. The Bertz CT molecular complexity index is 431. The lowest BCUT2D eigenvalue weighted by Gasteiger charge is -2.43. The van der Waals surface area contributed by atoms with Crippen molar-refractivity contribution in [3.63, 3.8) is 0 Å². The fraction of sp³-hybridized carbons (Fsp3) is 0.647. The van der Waals surface area contributed by atoms with Gasteiger partial charge in [0, 0.05) is 10.6 Å². The first kappa shape index (κ1) is 14.9. The molecule has 2 rings (SSSR count). The molecule has 1 aliphatic carbocycles. The van der Waals surface area contributed by atoms with Crippen LogP contribution >= 0.6 is 11.6 Å². The second-order valence-electron chi connectivity index (χ2n) is 6.75. The molecule has 1 nitrogen and oxygen atoms in total. The quantitative estimate of drug-likeness (QED) is 0.816. The van der Waals surface area contributed by atoms with Crippen molar-refractivity contribution in [1.29, 1.82) is 0 Å². The lowest BCUT2D eigenvalue weighted by molar-refractivity contribution is 0.115. The molecule has 2 heteroatoms. The molecule has 1 saturated carbocycles. The van der Waals surface area contributed by atoms with E-state index < -0.39 is 0 Å². The number of hydrogen-bond donors (Lipinski definition) is 1. The molecule has 1 aliphatic rings. The molecule has 0 atom stereocenters. The van der Waals surface area contributed by atoms with E-state index in [1.54, 1.807) is 0 Å². The van der Waals surface area contributed by atoms with Gasteiger partial charge in [0.2, 0.25) is 0 Å². The van der Waals surface area contributed by atoms with Gasteiger partial charge < -0.3 is 5.73 Å². The van der Waals surface area contributed by atoms with Crippen molar-refractivity contribution >= 4 is 11.6 Å². The molecule has 0 radical (unpaired) electrons. The van der Waals surface area contributed by atoms with Crippen LogP contribution in [-0.2, 0) is 5.54 Å². The van der Waals surface area contributed by atoms with Crippen LogP contribution in [-0.4, -0.2) is 0 Å². The maximum atomic E-state index is 6.64. The summed E-state index contributed by atoms with van der Waals surface area (Å²) in [7, 11) is 0. The number of benzene rings is 1. The van der Waals surface area contributed by atoms with Crippen molar-refractivity contribution in [2.45, 2.75) is 58.4 Å². The number of halogens is 1. The van der Waals surface area contributed by atoms with Crippen LogP contribution in [0.5, 0.6) is 0 Å². The Labute approximate surface area is 122 Å². The fourth-order valence-corrected chi connectivity index (χ4v) is 3.66. The Morgan fingerprint density at radius 2 is 1.84 bits per heavy atom. The van der Waals surface area contributed by atoms with E-state index in [2.05, 4.69) is 26.8 Å². The summed E-state index contributed by atoms with van der Waals surface area (Å²) in [6.45, 7) is 7.06. The van der Waals surface area contributed by atoms with Crippen LogP contribution in [0.4, 0.5) is 0 Å². The summed E-state index contributed by atoms with van der Waals surface area (Å²) in [5, 5.41) is 0.818. The van der Waals surface area contributed by atoms with Crippen LogP contribution in [0, 0.1) is 11.3 Å². The Kier molecular flexibility index (Phi) is 4.27. The zero-order valence-corrected chi connectivity index (χ0v) is 13.1.